The first-order chi connectivity index (χ1) is 3.67. The smallest absolute Gasteiger partial charge is 0.0317 e. The van der Waals surface area contributed by atoms with Crippen molar-refractivity contribution in [2.75, 3.05) is 0 Å². The molecule has 0 aromatic heterocycles. The van der Waals surface area contributed by atoms with Crippen LogP contribution in [0.5, 0.6) is 0 Å². The third-order valence-electron chi connectivity index (χ3n) is 1.74. The molecule has 0 saturated heterocycles. The van der Waals surface area contributed by atoms with E-state index >= 15 is 0 Å². The molecule has 1 aliphatic rings. The van der Waals surface area contributed by atoms with E-state index in [0.717, 1.165) is 0 Å². The van der Waals surface area contributed by atoms with Crippen LogP contribution in [0.4, 0.5) is 0 Å². The predicted molar refractivity (Wildman–Crippen MR) is 35.1 cm³/mol. The summed E-state index contributed by atoms with van der Waals surface area (Å²) in [6.45, 7) is 4.21. The topological polar surface area (TPSA) is 0 Å². The Hall–Kier alpha value is -0.440. The van der Waals surface area contributed by atoms with E-state index in [2.05, 4.69) is 19.8 Å². The fraction of sp³-hybridized carbons (Fsp3) is 0.625. The normalized spacial score (nSPS) is 20.1. The van der Waals surface area contributed by atoms with Crippen LogP contribution in [0.25, 0.3) is 0 Å². The zero-order valence-corrected chi connectivity index (χ0v) is 5.49. The van der Waals surface area contributed by atoms with Gasteiger partial charge in [-0.3, -0.25) is 0 Å². The van der Waals surface area contributed by atoms with Crippen molar-refractivity contribution >= 4 is 0 Å². The summed E-state index contributed by atoms with van der Waals surface area (Å²) >= 11 is 0. The van der Waals surface area contributed by atoms with Crippen molar-refractivity contribution < 1.29 is 0 Å². The molecule has 0 N–H and O–H groups in total. The second kappa shape index (κ2) is 1.52. The minimum absolute atomic E-state index is 0.0972. The number of rotatable bonds is 1. The first-order valence-corrected chi connectivity index (χ1v) is 3.00. The molecule has 1 saturated carbocycles. The van der Waals surface area contributed by atoms with Crippen molar-refractivity contribution in [3.63, 3.8) is 0 Å². The Morgan fingerprint density at radius 2 is 2.00 bits per heavy atom. The van der Waals surface area contributed by atoms with E-state index in [-0.39, 0.29) is 5.41 Å². The van der Waals surface area contributed by atoms with Crippen LogP contribution in [0.3, 0.4) is 0 Å². The Balaban J connectivity index is 2.53. The summed E-state index contributed by atoms with van der Waals surface area (Å²) in [6, 6.07) is 0. The molecule has 1 fully saturated rings. The van der Waals surface area contributed by atoms with E-state index in [0.29, 0.717) is 0 Å². The lowest BCUT2D eigenvalue weighted by Crippen LogP contribution is -2.07. The largest absolute Gasteiger partial charge is 0.120 e. The van der Waals surface area contributed by atoms with Crippen molar-refractivity contribution in [1.82, 2.24) is 0 Å². The van der Waals surface area contributed by atoms with Gasteiger partial charge in [0, 0.05) is 5.41 Å². The van der Waals surface area contributed by atoms with Gasteiger partial charge in [0.25, 0.3) is 0 Å². The Kier molecular flexibility index (Phi) is 1.08. The second-order valence-electron chi connectivity index (χ2n) is 2.87. The molecule has 1 radical (unpaired) electrons. The maximum absolute atomic E-state index is 5.28. The number of terminal acetylenes is 1. The molecule has 0 spiro atoms. The summed E-state index contributed by atoms with van der Waals surface area (Å²) in [6.07, 6.45) is 7.80. The van der Waals surface area contributed by atoms with E-state index in [1.807, 2.05) is 0 Å². The van der Waals surface area contributed by atoms with E-state index in [4.69, 9.17) is 6.42 Å². The van der Waals surface area contributed by atoms with Crippen LogP contribution in [0.2, 0.25) is 0 Å². The zero-order chi connectivity index (χ0) is 6.20. The van der Waals surface area contributed by atoms with Crippen molar-refractivity contribution in [3.05, 3.63) is 5.92 Å². The van der Waals surface area contributed by atoms with Crippen molar-refractivity contribution in [3.8, 4) is 12.3 Å². The Morgan fingerprint density at radius 3 is 2.12 bits per heavy atom. The summed E-state index contributed by atoms with van der Waals surface area (Å²) in [5.41, 5.74) is 0.0972. The molecule has 0 nitrogen and oxygen atoms in total. The maximum Gasteiger partial charge on any atom is 0.0317 e. The molecular formula is C8H11. The summed E-state index contributed by atoms with van der Waals surface area (Å²) in [4.78, 5) is 0. The van der Waals surface area contributed by atoms with Crippen LogP contribution in [-0.4, -0.2) is 0 Å². The maximum atomic E-state index is 5.28. The van der Waals surface area contributed by atoms with Gasteiger partial charge in [-0.2, -0.15) is 0 Å². The summed E-state index contributed by atoms with van der Waals surface area (Å²) < 4.78 is 0. The van der Waals surface area contributed by atoms with Gasteiger partial charge in [-0.05, 0) is 32.6 Å². The summed E-state index contributed by atoms with van der Waals surface area (Å²) in [5, 5.41) is 0. The molecule has 0 aromatic carbocycles. The SMILES string of the molecule is C#CC(C)(C)[C]1CC1. The van der Waals surface area contributed by atoms with Gasteiger partial charge >= 0.3 is 0 Å². The lowest BCUT2D eigenvalue weighted by Gasteiger charge is -2.13. The highest BCUT2D eigenvalue weighted by Gasteiger charge is 2.36. The van der Waals surface area contributed by atoms with Crippen LogP contribution in [0.15, 0.2) is 0 Å². The van der Waals surface area contributed by atoms with Crippen molar-refractivity contribution in [2.24, 2.45) is 5.41 Å². The Bertz CT molecular complexity index is 121. The fourth-order valence-electron chi connectivity index (χ4n) is 0.790. The third-order valence-corrected chi connectivity index (χ3v) is 1.74. The molecule has 0 unspecified atom stereocenters. The van der Waals surface area contributed by atoms with Gasteiger partial charge in [-0.15, -0.1) is 6.42 Å². The molecule has 0 heterocycles. The molecule has 8 heavy (non-hydrogen) atoms. The fourth-order valence-corrected chi connectivity index (χ4v) is 0.790. The second-order valence-corrected chi connectivity index (χ2v) is 2.87. The minimum atomic E-state index is 0.0972. The van der Waals surface area contributed by atoms with Crippen molar-refractivity contribution in [1.29, 1.82) is 0 Å². The van der Waals surface area contributed by atoms with Crippen LogP contribution >= 0.6 is 0 Å². The standard InChI is InChI=1S/C8H11/c1-4-8(2,3)7-5-6-7/h1H,5-6H2,2-3H3. The van der Waals surface area contributed by atoms with E-state index in [1.54, 1.807) is 5.92 Å². The third kappa shape index (κ3) is 0.865. The summed E-state index contributed by atoms with van der Waals surface area (Å²) in [5.74, 6) is 4.31. The van der Waals surface area contributed by atoms with Crippen molar-refractivity contribution in [2.45, 2.75) is 26.7 Å². The monoisotopic (exact) mass is 107 g/mol. The molecule has 0 amide bonds. The predicted octanol–water partition coefficient (Wildman–Crippen LogP) is 2.01. The van der Waals surface area contributed by atoms with Gasteiger partial charge in [0.15, 0.2) is 0 Å². The molecule has 43 valence electrons. The lowest BCUT2D eigenvalue weighted by molar-refractivity contribution is 0.579. The van der Waals surface area contributed by atoms with Crippen LogP contribution in [-0.2, 0) is 0 Å². The van der Waals surface area contributed by atoms with Gasteiger partial charge in [-0.1, -0.05) is 5.92 Å². The quantitative estimate of drug-likeness (QED) is 0.450. The highest BCUT2D eigenvalue weighted by atomic mass is 14.4. The first-order valence-electron chi connectivity index (χ1n) is 3.00. The first kappa shape index (κ1) is 5.69. The molecule has 0 atom stereocenters. The van der Waals surface area contributed by atoms with E-state index < -0.39 is 0 Å². The van der Waals surface area contributed by atoms with Crippen LogP contribution in [0.1, 0.15) is 26.7 Å². The lowest BCUT2D eigenvalue weighted by atomic mass is 9.89. The molecule has 1 rings (SSSR count). The Morgan fingerprint density at radius 1 is 1.50 bits per heavy atom. The molecule has 1 aliphatic carbocycles. The van der Waals surface area contributed by atoms with Gasteiger partial charge in [0.1, 0.15) is 0 Å². The van der Waals surface area contributed by atoms with Gasteiger partial charge in [-0.25, -0.2) is 0 Å². The molecular weight excluding hydrogens is 96.1 g/mol. The Labute approximate surface area is 51.3 Å². The molecule has 0 aromatic rings. The molecule has 0 heteroatoms. The average molecular weight is 107 g/mol. The van der Waals surface area contributed by atoms with Gasteiger partial charge < -0.3 is 0 Å². The zero-order valence-electron chi connectivity index (χ0n) is 5.49. The highest BCUT2D eigenvalue weighted by molar-refractivity contribution is 5.25. The minimum Gasteiger partial charge on any atom is -0.120 e. The van der Waals surface area contributed by atoms with Crippen LogP contribution in [0, 0.1) is 23.7 Å². The van der Waals surface area contributed by atoms with E-state index in [9.17, 15) is 0 Å². The number of hydrogen-bond donors (Lipinski definition) is 0. The molecule has 0 aliphatic heterocycles. The van der Waals surface area contributed by atoms with Gasteiger partial charge in [0.2, 0.25) is 0 Å². The molecule has 0 bridgehead atoms. The number of hydrogen-bond acceptors (Lipinski definition) is 0. The van der Waals surface area contributed by atoms with Gasteiger partial charge in [0.05, 0.1) is 0 Å². The summed E-state index contributed by atoms with van der Waals surface area (Å²) in [7, 11) is 0. The van der Waals surface area contributed by atoms with E-state index in [1.165, 1.54) is 12.8 Å². The van der Waals surface area contributed by atoms with Crippen LogP contribution < -0.4 is 0 Å². The average Bonchev–Trinajstić information content (AvgIpc) is 2.44. The highest BCUT2D eigenvalue weighted by Crippen LogP contribution is 2.46.